The molecule has 6 nitrogen and oxygen atoms in total. The molecule has 1 aromatic carbocycles. The van der Waals surface area contributed by atoms with Crippen LogP contribution in [0.25, 0.3) is 0 Å². The summed E-state index contributed by atoms with van der Waals surface area (Å²) in [6.45, 7) is 0.500. The highest BCUT2D eigenvalue weighted by molar-refractivity contribution is 6.31. The minimum atomic E-state index is 0.390. The summed E-state index contributed by atoms with van der Waals surface area (Å²) in [5, 5.41) is 7.44. The molecule has 0 aliphatic rings. The fourth-order valence-electron chi connectivity index (χ4n) is 2.03. The van der Waals surface area contributed by atoms with Gasteiger partial charge in [-0.05, 0) is 23.8 Å². The normalized spacial score (nSPS) is 10.4. The first-order valence-electron chi connectivity index (χ1n) is 7.10. The van der Waals surface area contributed by atoms with E-state index in [1.807, 2.05) is 24.3 Å². The van der Waals surface area contributed by atoms with E-state index in [1.54, 1.807) is 12.1 Å². The van der Waals surface area contributed by atoms with Crippen molar-refractivity contribution in [1.29, 1.82) is 0 Å². The van der Waals surface area contributed by atoms with Gasteiger partial charge in [0, 0.05) is 17.8 Å². The predicted octanol–water partition coefficient (Wildman–Crippen LogP) is 4.12. The maximum Gasteiger partial charge on any atom is 0.160 e. The molecule has 0 bridgehead atoms. The monoisotopic (exact) mass is 360 g/mol. The third-order valence-corrected chi connectivity index (χ3v) is 3.85. The van der Waals surface area contributed by atoms with Crippen LogP contribution in [-0.4, -0.2) is 15.0 Å². The van der Waals surface area contributed by atoms with Gasteiger partial charge in [-0.15, -0.1) is 0 Å². The van der Waals surface area contributed by atoms with Crippen molar-refractivity contribution in [2.75, 3.05) is 16.4 Å². The molecular weight excluding hydrogens is 347 g/mol. The van der Waals surface area contributed by atoms with Gasteiger partial charge < -0.3 is 16.4 Å². The summed E-state index contributed by atoms with van der Waals surface area (Å²) in [5.41, 5.74) is 7.47. The quantitative estimate of drug-likeness (QED) is 0.634. The topological polar surface area (TPSA) is 88.8 Å². The fourth-order valence-corrected chi connectivity index (χ4v) is 2.34. The number of halogens is 2. The Hall–Kier alpha value is -2.57. The highest BCUT2D eigenvalue weighted by Gasteiger charge is 2.09. The van der Waals surface area contributed by atoms with Crippen molar-refractivity contribution in [3.63, 3.8) is 0 Å². The lowest BCUT2D eigenvalue weighted by atomic mass is 10.2. The summed E-state index contributed by atoms with van der Waals surface area (Å²) >= 11 is 12.0. The number of nitrogens with two attached hydrogens (primary N) is 1. The molecule has 4 N–H and O–H groups in total. The summed E-state index contributed by atoms with van der Waals surface area (Å²) < 4.78 is 0. The first kappa shape index (κ1) is 16.3. The Morgan fingerprint density at radius 1 is 0.958 bits per heavy atom. The van der Waals surface area contributed by atoms with Crippen LogP contribution in [0.1, 0.15) is 5.56 Å². The van der Waals surface area contributed by atoms with Gasteiger partial charge in [-0.1, -0.05) is 41.4 Å². The molecule has 0 saturated carbocycles. The number of nitrogen functional groups attached to an aromatic ring is 1. The number of pyridine rings is 1. The molecule has 0 saturated heterocycles. The average molecular weight is 361 g/mol. The predicted molar refractivity (Wildman–Crippen MR) is 97.8 cm³/mol. The smallest absolute Gasteiger partial charge is 0.160 e. The number of benzene rings is 1. The van der Waals surface area contributed by atoms with E-state index >= 15 is 0 Å². The minimum Gasteiger partial charge on any atom is -0.393 e. The van der Waals surface area contributed by atoms with Crippen LogP contribution >= 0.6 is 23.2 Å². The molecule has 0 aliphatic heterocycles. The zero-order valence-electron chi connectivity index (χ0n) is 12.5. The number of hydrogen-bond donors (Lipinski definition) is 3. The molecule has 2 heterocycles. The van der Waals surface area contributed by atoms with Crippen molar-refractivity contribution in [1.82, 2.24) is 15.0 Å². The summed E-state index contributed by atoms with van der Waals surface area (Å²) in [4.78, 5) is 12.5. The van der Waals surface area contributed by atoms with Crippen molar-refractivity contribution in [2.45, 2.75) is 6.54 Å². The summed E-state index contributed by atoms with van der Waals surface area (Å²) in [7, 11) is 0. The molecule has 0 radical (unpaired) electrons. The van der Waals surface area contributed by atoms with Gasteiger partial charge in [-0.2, -0.15) is 0 Å². The summed E-state index contributed by atoms with van der Waals surface area (Å²) in [5.74, 6) is 1.56. The molecule has 0 fully saturated rings. The van der Waals surface area contributed by atoms with Crippen LogP contribution in [0, 0.1) is 0 Å². The van der Waals surface area contributed by atoms with E-state index in [-0.39, 0.29) is 0 Å². The Bertz CT molecular complexity index is 838. The second-order valence-corrected chi connectivity index (χ2v) is 5.76. The number of anilines is 4. The molecule has 3 rings (SSSR count). The lowest BCUT2D eigenvalue weighted by molar-refractivity contribution is 1.08. The van der Waals surface area contributed by atoms with Crippen molar-refractivity contribution in [2.24, 2.45) is 0 Å². The molecule has 0 atom stereocenters. The molecule has 2 aromatic heterocycles. The van der Waals surface area contributed by atoms with Crippen LogP contribution in [0.3, 0.4) is 0 Å². The van der Waals surface area contributed by atoms with Gasteiger partial charge in [0.25, 0.3) is 0 Å². The number of hydrogen-bond acceptors (Lipinski definition) is 6. The van der Waals surface area contributed by atoms with Gasteiger partial charge in [0.05, 0.1) is 5.02 Å². The molecule has 0 aliphatic carbocycles. The van der Waals surface area contributed by atoms with Gasteiger partial charge >= 0.3 is 0 Å². The first-order chi connectivity index (χ1) is 11.6. The van der Waals surface area contributed by atoms with Crippen LogP contribution in [0.4, 0.5) is 23.1 Å². The van der Waals surface area contributed by atoms with E-state index in [0.29, 0.717) is 39.7 Å². The van der Waals surface area contributed by atoms with Gasteiger partial charge in [0.15, 0.2) is 11.6 Å². The lowest BCUT2D eigenvalue weighted by Crippen LogP contribution is -2.08. The zero-order chi connectivity index (χ0) is 16.9. The zero-order valence-corrected chi connectivity index (χ0v) is 14.0. The van der Waals surface area contributed by atoms with Gasteiger partial charge in [0.1, 0.15) is 17.8 Å². The highest BCUT2D eigenvalue weighted by atomic mass is 35.5. The molecule has 24 heavy (non-hydrogen) atoms. The highest BCUT2D eigenvalue weighted by Crippen LogP contribution is 2.26. The molecule has 8 heteroatoms. The van der Waals surface area contributed by atoms with E-state index in [1.165, 1.54) is 12.5 Å². The molecule has 0 amide bonds. The summed E-state index contributed by atoms with van der Waals surface area (Å²) in [6, 6.07) is 11.0. The molecule has 0 spiro atoms. The van der Waals surface area contributed by atoms with E-state index in [0.717, 1.165) is 5.56 Å². The Balaban J connectivity index is 1.75. The van der Waals surface area contributed by atoms with Gasteiger partial charge in [-0.25, -0.2) is 15.0 Å². The van der Waals surface area contributed by atoms with E-state index in [4.69, 9.17) is 28.9 Å². The summed E-state index contributed by atoms with van der Waals surface area (Å²) in [6.07, 6.45) is 2.96. The maximum absolute atomic E-state index is 6.15. The second-order valence-electron chi connectivity index (χ2n) is 4.92. The molecule has 3 aromatic rings. The lowest BCUT2D eigenvalue weighted by Gasteiger charge is -2.12. The molecule has 122 valence electrons. The number of rotatable bonds is 5. The second kappa shape index (κ2) is 7.33. The van der Waals surface area contributed by atoms with Gasteiger partial charge in [0.2, 0.25) is 0 Å². The SMILES string of the molecule is Nc1c(NCc2ccccc2Cl)ncnc1Nc1ccc(Cl)cn1. The number of aromatic nitrogens is 3. The van der Waals surface area contributed by atoms with E-state index in [9.17, 15) is 0 Å². The average Bonchev–Trinajstić information content (AvgIpc) is 2.59. The Morgan fingerprint density at radius 3 is 2.50 bits per heavy atom. The van der Waals surface area contributed by atoms with Crippen molar-refractivity contribution < 1.29 is 0 Å². The number of nitrogens with one attached hydrogen (secondary N) is 2. The van der Waals surface area contributed by atoms with Crippen LogP contribution in [0.2, 0.25) is 10.0 Å². The van der Waals surface area contributed by atoms with Crippen LogP contribution in [0.15, 0.2) is 48.9 Å². The van der Waals surface area contributed by atoms with Crippen LogP contribution in [-0.2, 0) is 6.54 Å². The Labute approximate surface area is 149 Å². The fraction of sp³-hybridized carbons (Fsp3) is 0.0625. The van der Waals surface area contributed by atoms with Crippen molar-refractivity contribution >= 4 is 46.3 Å². The third kappa shape index (κ3) is 3.84. The largest absolute Gasteiger partial charge is 0.393 e. The molecule has 0 unspecified atom stereocenters. The van der Waals surface area contributed by atoms with Crippen molar-refractivity contribution in [3.05, 3.63) is 64.5 Å². The Morgan fingerprint density at radius 2 is 1.75 bits per heavy atom. The Kier molecular flexibility index (Phi) is 4.98. The van der Waals surface area contributed by atoms with Crippen LogP contribution in [0.5, 0.6) is 0 Å². The third-order valence-electron chi connectivity index (χ3n) is 3.26. The standard InChI is InChI=1S/C16H14Cl2N6/c17-11-5-6-13(20-8-11)24-16-14(19)15(22-9-23-16)21-7-10-3-1-2-4-12(10)18/h1-6,8-9H,7,19H2,(H2,20,21,22,23,24). The van der Waals surface area contributed by atoms with E-state index in [2.05, 4.69) is 25.6 Å². The van der Waals surface area contributed by atoms with Crippen LogP contribution < -0.4 is 16.4 Å². The van der Waals surface area contributed by atoms with Gasteiger partial charge in [-0.3, -0.25) is 0 Å². The van der Waals surface area contributed by atoms with Crippen molar-refractivity contribution in [3.8, 4) is 0 Å². The molecular formula is C16H14Cl2N6. The maximum atomic E-state index is 6.15. The number of nitrogens with zero attached hydrogens (tertiary/aromatic N) is 3. The first-order valence-corrected chi connectivity index (χ1v) is 7.85. The van der Waals surface area contributed by atoms with E-state index < -0.39 is 0 Å². The minimum absolute atomic E-state index is 0.390.